The van der Waals surface area contributed by atoms with E-state index < -0.39 is 5.41 Å². The summed E-state index contributed by atoms with van der Waals surface area (Å²) in [5.74, 6) is 0.686. The predicted molar refractivity (Wildman–Crippen MR) is 112 cm³/mol. The highest BCUT2D eigenvalue weighted by molar-refractivity contribution is 6.15. The zero-order chi connectivity index (χ0) is 21.0. The molecule has 1 aromatic heterocycles. The summed E-state index contributed by atoms with van der Waals surface area (Å²) in [6.07, 6.45) is 7.10. The van der Waals surface area contributed by atoms with Crippen molar-refractivity contribution in [2.75, 3.05) is 20.3 Å². The number of aromatic nitrogens is 1. The van der Waals surface area contributed by atoms with Gasteiger partial charge in [-0.15, -0.1) is 0 Å². The summed E-state index contributed by atoms with van der Waals surface area (Å²) in [5.41, 5.74) is 6.79. The van der Waals surface area contributed by atoms with E-state index in [1.54, 1.807) is 19.3 Å². The number of carbonyl (C=O) groups excluding carboxylic acids is 1. The van der Waals surface area contributed by atoms with Gasteiger partial charge in [-0.2, -0.15) is 10.7 Å². The zero-order valence-electron chi connectivity index (χ0n) is 17.1. The molecule has 29 heavy (non-hydrogen) atoms. The molecular formula is C23H25N3O3. The number of allylic oxidation sites excluding steroid dienone is 3. The second kappa shape index (κ2) is 8.48. The zero-order valence-corrected chi connectivity index (χ0v) is 17.1. The van der Waals surface area contributed by atoms with Gasteiger partial charge in [0.1, 0.15) is 12.4 Å². The molecule has 2 aromatic rings. The van der Waals surface area contributed by atoms with Gasteiger partial charge in [-0.05, 0) is 36.8 Å². The lowest BCUT2D eigenvalue weighted by Gasteiger charge is -2.32. The largest absolute Gasteiger partial charge is 0.492 e. The Morgan fingerprint density at radius 3 is 2.86 bits per heavy atom. The first-order valence-corrected chi connectivity index (χ1v) is 9.48. The SMILES string of the molecule is C/C=C(C#N)\C=C/c1c[nH]c2c1C(=O)c1ccc(OCCNOC)cc1C2(C)C. The highest BCUT2D eigenvalue weighted by atomic mass is 16.6. The van der Waals surface area contributed by atoms with Crippen LogP contribution in [-0.4, -0.2) is 31.0 Å². The van der Waals surface area contributed by atoms with E-state index in [-0.39, 0.29) is 5.78 Å². The fourth-order valence-corrected chi connectivity index (χ4v) is 3.60. The number of nitriles is 1. The molecule has 1 aliphatic carbocycles. The van der Waals surface area contributed by atoms with Gasteiger partial charge < -0.3 is 14.6 Å². The first kappa shape index (κ1) is 20.6. The monoisotopic (exact) mass is 391 g/mol. The molecule has 1 heterocycles. The minimum atomic E-state index is -0.395. The van der Waals surface area contributed by atoms with E-state index in [4.69, 9.17) is 14.8 Å². The molecule has 0 spiro atoms. The number of carbonyl (C=O) groups is 1. The number of nitrogens with one attached hydrogen (secondary N) is 2. The lowest BCUT2D eigenvalue weighted by atomic mass is 9.71. The minimum absolute atomic E-state index is 0.0261. The van der Waals surface area contributed by atoms with Crippen molar-refractivity contribution in [3.63, 3.8) is 0 Å². The first-order valence-electron chi connectivity index (χ1n) is 9.48. The van der Waals surface area contributed by atoms with Crippen LogP contribution in [-0.2, 0) is 10.3 Å². The van der Waals surface area contributed by atoms with Crippen LogP contribution < -0.4 is 10.2 Å². The van der Waals surface area contributed by atoms with Crippen LogP contribution in [0.3, 0.4) is 0 Å². The maximum atomic E-state index is 13.3. The molecule has 0 amide bonds. The standard InChI is InChI=1S/C23H25N3O3/c1-5-15(13-24)6-7-16-14-25-22-20(16)21(27)18-9-8-17(29-11-10-26-28-4)12-19(18)23(22,2)3/h5-9,12,14,25-26H,10-11H2,1-4H3/b7-6-,15-5+. The molecule has 1 aromatic carbocycles. The molecule has 0 unspecified atom stereocenters. The Labute approximate surface area is 170 Å². The Balaban J connectivity index is 1.96. The predicted octanol–water partition coefficient (Wildman–Crippen LogP) is 3.90. The van der Waals surface area contributed by atoms with Gasteiger partial charge in [0.05, 0.1) is 25.3 Å². The number of H-pyrrole nitrogens is 1. The highest BCUT2D eigenvalue weighted by Crippen LogP contribution is 2.43. The Morgan fingerprint density at radius 1 is 1.38 bits per heavy atom. The molecule has 6 nitrogen and oxygen atoms in total. The van der Waals surface area contributed by atoms with E-state index in [2.05, 4.69) is 30.4 Å². The van der Waals surface area contributed by atoms with Crippen molar-refractivity contribution in [1.82, 2.24) is 10.5 Å². The van der Waals surface area contributed by atoms with Gasteiger partial charge in [0, 0.05) is 34.0 Å². The number of fused-ring (bicyclic) bond motifs is 2. The smallest absolute Gasteiger partial charge is 0.195 e. The van der Waals surface area contributed by atoms with Crippen LogP contribution in [0.2, 0.25) is 0 Å². The normalized spacial score (nSPS) is 15.1. The van der Waals surface area contributed by atoms with Gasteiger partial charge >= 0.3 is 0 Å². The van der Waals surface area contributed by atoms with Crippen LogP contribution in [0.5, 0.6) is 5.75 Å². The van der Waals surface area contributed by atoms with Crippen molar-refractivity contribution in [2.24, 2.45) is 0 Å². The van der Waals surface area contributed by atoms with E-state index in [1.165, 1.54) is 0 Å². The number of ether oxygens (including phenoxy) is 1. The maximum Gasteiger partial charge on any atom is 0.195 e. The van der Waals surface area contributed by atoms with Crippen LogP contribution in [0.4, 0.5) is 0 Å². The van der Waals surface area contributed by atoms with E-state index in [9.17, 15) is 4.79 Å². The number of benzene rings is 1. The third-order valence-electron chi connectivity index (χ3n) is 5.17. The number of hydrogen-bond acceptors (Lipinski definition) is 5. The topological polar surface area (TPSA) is 87.1 Å². The molecule has 0 aliphatic heterocycles. The van der Waals surface area contributed by atoms with E-state index >= 15 is 0 Å². The molecule has 1 aliphatic rings. The molecule has 0 atom stereocenters. The first-order chi connectivity index (χ1) is 13.9. The summed E-state index contributed by atoms with van der Waals surface area (Å²) in [6.45, 7) is 7.00. The van der Waals surface area contributed by atoms with E-state index in [0.29, 0.717) is 35.6 Å². The van der Waals surface area contributed by atoms with Crippen LogP contribution >= 0.6 is 0 Å². The van der Waals surface area contributed by atoms with Crippen LogP contribution in [0.15, 0.2) is 42.1 Å². The van der Waals surface area contributed by atoms with Gasteiger partial charge in [-0.25, -0.2) is 0 Å². The summed E-state index contributed by atoms with van der Waals surface area (Å²) in [4.78, 5) is 21.4. The van der Waals surface area contributed by atoms with Crippen LogP contribution in [0, 0.1) is 11.3 Å². The Hall–Kier alpha value is -3.14. The summed E-state index contributed by atoms with van der Waals surface area (Å²) in [7, 11) is 1.56. The highest BCUT2D eigenvalue weighted by Gasteiger charge is 2.39. The fourth-order valence-electron chi connectivity index (χ4n) is 3.60. The molecule has 3 rings (SSSR count). The molecule has 150 valence electrons. The van der Waals surface area contributed by atoms with Crippen molar-refractivity contribution in [1.29, 1.82) is 5.26 Å². The van der Waals surface area contributed by atoms with Crippen molar-refractivity contribution < 1.29 is 14.4 Å². The molecule has 0 saturated heterocycles. The number of hydrogen-bond donors (Lipinski definition) is 2. The Kier molecular flexibility index (Phi) is 6.02. The van der Waals surface area contributed by atoms with Crippen molar-refractivity contribution in [3.05, 3.63) is 70.1 Å². The average molecular weight is 391 g/mol. The Morgan fingerprint density at radius 2 is 2.17 bits per heavy atom. The molecule has 2 N–H and O–H groups in total. The molecule has 0 bridgehead atoms. The second-order valence-corrected chi connectivity index (χ2v) is 7.29. The number of nitrogens with zero attached hydrogens (tertiary/aromatic N) is 1. The van der Waals surface area contributed by atoms with Gasteiger partial charge in [0.2, 0.25) is 0 Å². The average Bonchev–Trinajstić information content (AvgIpc) is 3.16. The second-order valence-electron chi connectivity index (χ2n) is 7.29. The number of ketones is 1. The number of hydroxylamine groups is 1. The molecular weight excluding hydrogens is 366 g/mol. The lowest BCUT2D eigenvalue weighted by Crippen LogP contribution is -2.30. The number of aromatic amines is 1. The van der Waals surface area contributed by atoms with E-state index in [1.807, 2.05) is 37.4 Å². The Bertz CT molecular complexity index is 1020. The summed E-state index contributed by atoms with van der Waals surface area (Å²) < 4.78 is 5.77. The molecule has 0 saturated carbocycles. The maximum absolute atomic E-state index is 13.3. The van der Waals surface area contributed by atoms with Crippen LogP contribution in [0.25, 0.3) is 6.08 Å². The third kappa shape index (κ3) is 3.88. The molecule has 0 radical (unpaired) electrons. The van der Waals surface area contributed by atoms with Crippen molar-refractivity contribution in [2.45, 2.75) is 26.2 Å². The summed E-state index contributed by atoms with van der Waals surface area (Å²) in [6, 6.07) is 7.71. The summed E-state index contributed by atoms with van der Waals surface area (Å²) >= 11 is 0. The molecule has 6 heteroatoms. The van der Waals surface area contributed by atoms with Crippen molar-refractivity contribution in [3.8, 4) is 11.8 Å². The lowest BCUT2D eigenvalue weighted by molar-refractivity contribution is 0.0808. The van der Waals surface area contributed by atoms with Gasteiger partial charge in [-0.1, -0.05) is 26.0 Å². The van der Waals surface area contributed by atoms with Crippen molar-refractivity contribution >= 4 is 11.9 Å². The van der Waals surface area contributed by atoms with Gasteiger partial charge in [0.15, 0.2) is 5.78 Å². The van der Waals surface area contributed by atoms with Gasteiger partial charge in [0.25, 0.3) is 0 Å². The molecule has 0 fully saturated rings. The third-order valence-corrected chi connectivity index (χ3v) is 5.17. The minimum Gasteiger partial charge on any atom is -0.492 e. The number of rotatable bonds is 7. The summed E-state index contributed by atoms with van der Waals surface area (Å²) in [5, 5.41) is 9.11. The van der Waals surface area contributed by atoms with Gasteiger partial charge in [-0.3, -0.25) is 4.79 Å². The quantitative estimate of drug-likeness (QED) is 0.324. The fraction of sp³-hybridized carbons (Fsp3) is 0.304. The van der Waals surface area contributed by atoms with E-state index in [0.717, 1.165) is 16.8 Å². The van der Waals surface area contributed by atoms with Crippen LogP contribution in [0.1, 0.15) is 53.5 Å².